The molecule has 0 spiro atoms. The molecule has 0 aliphatic carbocycles. The van der Waals surface area contributed by atoms with Gasteiger partial charge in [0.2, 0.25) is 0 Å². The van der Waals surface area contributed by atoms with Crippen molar-refractivity contribution in [2.45, 2.75) is 19.1 Å². The summed E-state index contributed by atoms with van der Waals surface area (Å²) in [5, 5.41) is 22.4. The van der Waals surface area contributed by atoms with E-state index < -0.39 is 0 Å². The number of phenols is 2. The van der Waals surface area contributed by atoms with Crippen LogP contribution in [0.1, 0.15) is 11.1 Å². The van der Waals surface area contributed by atoms with Crippen LogP contribution in [-0.4, -0.2) is 22.9 Å². The third-order valence-electron chi connectivity index (χ3n) is 3.50. The summed E-state index contributed by atoms with van der Waals surface area (Å²) >= 11 is 0. The van der Waals surface area contributed by atoms with E-state index in [-0.39, 0.29) is 17.6 Å². The molecule has 0 saturated carbocycles. The Balaban J connectivity index is 1.53. The minimum atomic E-state index is -0.0891. The van der Waals surface area contributed by atoms with Gasteiger partial charge in [0.15, 0.2) is 11.5 Å². The van der Waals surface area contributed by atoms with E-state index in [1.54, 1.807) is 12.1 Å². The van der Waals surface area contributed by atoms with Crippen molar-refractivity contribution in [1.29, 1.82) is 0 Å². The van der Waals surface area contributed by atoms with E-state index in [1.807, 2.05) is 18.2 Å². The summed E-state index contributed by atoms with van der Waals surface area (Å²) in [5.41, 5.74) is 1.92. The third-order valence-corrected chi connectivity index (χ3v) is 3.50. The fraction of sp³-hybridized carbons (Fsp3) is 0.250. The summed E-state index contributed by atoms with van der Waals surface area (Å²) in [6.07, 6.45) is 1.02. The Morgan fingerprint density at radius 3 is 2.80 bits per heavy atom. The van der Waals surface area contributed by atoms with E-state index in [9.17, 15) is 10.2 Å². The van der Waals surface area contributed by atoms with Crippen LogP contribution >= 0.6 is 0 Å². The molecule has 3 rings (SSSR count). The van der Waals surface area contributed by atoms with Crippen molar-refractivity contribution in [3.05, 3.63) is 53.6 Å². The highest BCUT2D eigenvalue weighted by Gasteiger charge is 2.21. The predicted octanol–water partition coefficient (Wildman–Crippen LogP) is 2.19. The van der Waals surface area contributed by atoms with Crippen molar-refractivity contribution < 1.29 is 14.9 Å². The Labute approximate surface area is 117 Å². The molecule has 2 aromatic carbocycles. The molecule has 4 nitrogen and oxygen atoms in total. The topological polar surface area (TPSA) is 61.7 Å². The highest BCUT2D eigenvalue weighted by molar-refractivity contribution is 5.44. The molecule has 0 aromatic heterocycles. The molecule has 0 saturated heterocycles. The van der Waals surface area contributed by atoms with Crippen LogP contribution in [0, 0.1) is 0 Å². The minimum absolute atomic E-state index is 0.0596. The van der Waals surface area contributed by atoms with E-state index in [0.717, 1.165) is 12.2 Å². The molecule has 1 aliphatic rings. The van der Waals surface area contributed by atoms with Gasteiger partial charge in [-0.3, -0.25) is 0 Å². The van der Waals surface area contributed by atoms with Crippen LogP contribution in [0.3, 0.4) is 0 Å². The van der Waals surface area contributed by atoms with Gasteiger partial charge in [0.25, 0.3) is 0 Å². The highest BCUT2D eigenvalue weighted by Crippen LogP contribution is 2.29. The summed E-state index contributed by atoms with van der Waals surface area (Å²) in [5.74, 6) is 0.809. The standard InChI is InChI=1S/C16H17NO3/c18-14-6-3-5-12(16(14)19)9-17-10-13-8-11-4-1-2-7-15(11)20-13/h1-7,13,17-19H,8-10H2. The van der Waals surface area contributed by atoms with Gasteiger partial charge < -0.3 is 20.3 Å². The molecule has 3 N–H and O–H groups in total. The summed E-state index contributed by atoms with van der Waals surface area (Å²) in [6.45, 7) is 1.19. The lowest BCUT2D eigenvalue weighted by Gasteiger charge is -2.12. The number of benzene rings is 2. The molecule has 2 aromatic rings. The van der Waals surface area contributed by atoms with E-state index in [2.05, 4.69) is 11.4 Å². The molecule has 20 heavy (non-hydrogen) atoms. The van der Waals surface area contributed by atoms with Crippen molar-refractivity contribution in [3.8, 4) is 17.2 Å². The largest absolute Gasteiger partial charge is 0.504 e. The number of hydrogen-bond acceptors (Lipinski definition) is 4. The first-order valence-electron chi connectivity index (χ1n) is 6.69. The first kappa shape index (κ1) is 12.8. The van der Waals surface area contributed by atoms with E-state index in [0.29, 0.717) is 18.7 Å². The van der Waals surface area contributed by atoms with Gasteiger partial charge in [-0.1, -0.05) is 30.3 Å². The Morgan fingerprint density at radius 2 is 1.95 bits per heavy atom. The smallest absolute Gasteiger partial charge is 0.161 e. The maximum atomic E-state index is 9.71. The second-order valence-electron chi connectivity index (χ2n) is 4.97. The van der Waals surface area contributed by atoms with E-state index in [1.165, 1.54) is 11.6 Å². The third kappa shape index (κ3) is 2.56. The summed E-state index contributed by atoms with van der Waals surface area (Å²) < 4.78 is 5.82. The van der Waals surface area contributed by atoms with Gasteiger partial charge in [-0.05, 0) is 17.7 Å². The highest BCUT2D eigenvalue weighted by atomic mass is 16.5. The monoisotopic (exact) mass is 271 g/mol. The Bertz CT molecular complexity index is 587. The Kier molecular flexibility index (Phi) is 3.48. The predicted molar refractivity (Wildman–Crippen MR) is 76.0 cm³/mol. The number of phenolic OH excluding ortho intramolecular Hbond substituents is 2. The van der Waals surface area contributed by atoms with Gasteiger partial charge in [-0.25, -0.2) is 0 Å². The van der Waals surface area contributed by atoms with Crippen LogP contribution in [0.2, 0.25) is 0 Å². The lowest BCUT2D eigenvalue weighted by atomic mass is 10.1. The molecular formula is C16H17NO3. The van der Waals surface area contributed by atoms with Gasteiger partial charge in [0.05, 0.1) is 0 Å². The van der Waals surface area contributed by atoms with Crippen molar-refractivity contribution in [2.75, 3.05) is 6.54 Å². The van der Waals surface area contributed by atoms with Crippen LogP contribution in [-0.2, 0) is 13.0 Å². The minimum Gasteiger partial charge on any atom is -0.504 e. The number of ether oxygens (including phenoxy) is 1. The quantitative estimate of drug-likeness (QED) is 0.746. The van der Waals surface area contributed by atoms with Gasteiger partial charge in [0, 0.05) is 25.1 Å². The summed E-state index contributed by atoms with van der Waals surface area (Å²) in [7, 11) is 0. The van der Waals surface area contributed by atoms with Crippen LogP contribution in [0.25, 0.3) is 0 Å². The maximum Gasteiger partial charge on any atom is 0.161 e. The lowest BCUT2D eigenvalue weighted by Crippen LogP contribution is -2.29. The van der Waals surface area contributed by atoms with Crippen LogP contribution in [0.4, 0.5) is 0 Å². The van der Waals surface area contributed by atoms with Crippen LogP contribution in [0.15, 0.2) is 42.5 Å². The summed E-state index contributed by atoms with van der Waals surface area (Å²) in [4.78, 5) is 0. The first-order chi connectivity index (χ1) is 9.74. The fourth-order valence-corrected chi connectivity index (χ4v) is 2.46. The number of hydrogen-bond donors (Lipinski definition) is 3. The second kappa shape index (κ2) is 5.43. The normalized spacial score (nSPS) is 16.7. The molecule has 104 valence electrons. The van der Waals surface area contributed by atoms with Gasteiger partial charge >= 0.3 is 0 Å². The number of fused-ring (bicyclic) bond motifs is 1. The average molecular weight is 271 g/mol. The van der Waals surface area contributed by atoms with Gasteiger partial charge in [-0.15, -0.1) is 0 Å². The number of aromatic hydroxyl groups is 2. The number of nitrogens with one attached hydrogen (secondary N) is 1. The maximum absolute atomic E-state index is 9.71. The number of para-hydroxylation sites is 2. The SMILES string of the molecule is Oc1cccc(CNCC2Cc3ccccc3O2)c1O. The van der Waals surface area contributed by atoms with Crippen molar-refractivity contribution in [2.24, 2.45) is 0 Å². The molecular weight excluding hydrogens is 254 g/mol. The molecule has 0 bridgehead atoms. The van der Waals surface area contributed by atoms with Crippen LogP contribution in [0.5, 0.6) is 17.2 Å². The average Bonchev–Trinajstić information content (AvgIpc) is 2.86. The second-order valence-corrected chi connectivity index (χ2v) is 4.97. The van der Waals surface area contributed by atoms with Crippen molar-refractivity contribution >= 4 is 0 Å². The first-order valence-corrected chi connectivity index (χ1v) is 6.69. The van der Waals surface area contributed by atoms with Crippen molar-refractivity contribution in [3.63, 3.8) is 0 Å². The molecule has 0 radical (unpaired) electrons. The Hall–Kier alpha value is -2.20. The van der Waals surface area contributed by atoms with E-state index in [4.69, 9.17) is 4.74 Å². The zero-order chi connectivity index (χ0) is 13.9. The zero-order valence-electron chi connectivity index (χ0n) is 11.0. The molecule has 1 heterocycles. The molecule has 4 heteroatoms. The number of rotatable bonds is 4. The van der Waals surface area contributed by atoms with Crippen LogP contribution < -0.4 is 10.1 Å². The lowest BCUT2D eigenvalue weighted by molar-refractivity contribution is 0.227. The molecule has 1 unspecified atom stereocenters. The molecule has 1 atom stereocenters. The molecule has 0 fully saturated rings. The molecule has 0 amide bonds. The van der Waals surface area contributed by atoms with Gasteiger partial charge in [-0.2, -0.15) is 0 Å². The van der Waals surface area contributed by atoms with Crippen molar-refractivity contribution in [1.82, 2.24) is 5.32 Å². The zero-order valence-corrected chi connectivity index (χ0v) is 11.0. The van der Waals surface area contributed by atoms with E-state index >= 15 is 0 Å². The summed E-state index contributed by atoms with van der Waals surface area (Å²) in [6, 6.07) is 13.0. The fourth-order valence-electron chi connectivity index (χ4n) is 2.46. The van der Waals surface area contributed by atoms with Gasteiger partial charge in [0.1, 0.15) is 11.9 Å². The molecule has 1 aliphatic heterocycles. The Morgan fingerprint density at radius 1 is 1.10 bits per heavy atom.